The lowest BCUT2D eigenvalue weighted by molar-refractivity contribution is 0.512. The maximum atomic E-state index is 3.61. The Labute approximate surface area is 88.8 Å². The molecule has 0 bridgehead atoms. The molecule has 0 aliphatic carbocycles. The first-order chi connectivity index (χ1) is 6.93. The molecule has 0 radical (unpaired) electrons. The molecule has 2 heteroatoms. The fourth-order valence-corrected chi connectivity index (χ4v) is 2.04. The highest BCUT2D eigenvalue weighted by atomic mass is 15.0. The molecule has 84 valence electrons. The van der Waals surface area contributed by atoms with Crippen molar-refractivity contribution in [3.05, 3.63) is 0 Å². The van der Waals surface area contributed by atoms with Gasteiger partial charge in [-0.2, -0.15) is 0 Å². The number of rotatable bonds is 8. The summed E-state index contributed by atoms with van der Waals surface area (Å²) in [7, 11) is 0. The summed E-state index contributed by atoms with van der Waals surface area (Å²) < 4.78 is 0. The Bertz CT molecular complexity index is 119. The van der Waals surface area contributed by atoms with E-state index >= 15 is 0 Å². The van der Waals surface area contributed by atoms with Crippen molar-refractivity contribution in [1.82, 2.24) is 10.6 Å². The second-order valence-corrected chi connectivity index (χ2v) is 4.41. The minimum Gasteiger partial charge on any atom is -0.315 e. The van der Waals surface area contributed by atoms with Crippen molar-refractivity contribution < 1.29 is 0 Å². The van der Waals surface area contributed by atoms with Crippen LogP contribution < -0.4 is 10.6 Å². The van der Waals surface area contributed by atoms with Crippen LogP contribution in [0.3, 0.4) is 0 Å². The molecule has 14 heavy (non-hydrogen) atoms. The molecule has 0 aromatic carbocycles. The molecule has 0 aromatic rings. The van der Waals surface area contributed by atoms with Gasteiger partial charge in [0.05, 0.1) is 0 Å². The van der Waals surface area contributed by atoms with Crippen molar-refractivity contribution >= 4 is 0 Å². The molecule has 0 amide bonds. The molecule has 1 aliphatic heterocycles. The van der Waals surface area contributed by atoms with E-state index < -0.39 is 0 Å². The Morgan fingerprint density at radius 1 is 1.14 bits per heavy atom. The third-order valence-electron chi connectivity index (χ3n) is 3.02. The van der Waals surface area contributed by atoms with Crippen LogP contribution in [0.1, 0.15) is 51.9 Å². The molecule has 1 saturated heterocycles. The Morgan fingerprint density at radius 2 is 1.93 bits per heavy atom. The maximum Gasteiger partial charge on any atom is 0.0204 e. The number of hydrogen-bond donors (Lipinski definition) is 2. The van der Waals surface area contributed by atoms with E-state index in [1.807, 2.05) is 0 Å². The van der Waals surface area contributed by atoms with Crippen molar-refractivity contribution in [2.45, 2.75) is 57.9 Å². The first kappa shape index (κ1) is 12.0. The van der Waals surface area contributed by atoms with Gasteiger partial charge in [0.2, 0.25) is 0 Å². The molecule has 1 atom stereocenters. The van der Waals surface area contributed by atoms with Crippen LogP contribution in [0.15, 0.2) is 0 Å². The second-order valence-electron chi connectivity index (χ2n) is 4.41. The second kappa shape index (κ2) is 8.25. The van der Waals surface area contributed by atoms with Crippen LogP contribution in [-0.2, 0) is 0 Å². The highest BCUT2D eigenvalue weighted by Gasteiger charge is 2.12. The van der Waals surface area contributed by atoms with Crippen molar-refractivity contribution in [2.75, 3.05) is 19.6 Å². The quantitative estimate of drug-likeness (QED) is 0.585. The summed E-state index contributed by atoms with van der Waals surface area (Å²) in [6.45, 7) is 5.87. The summed E-state index contributed by atoms with van der Waals surface area (Å²) >= 11 is 0. The van der Waals surface area contributed by atoms with E-state index in [0.717, 1.165) is 6.04 Å². The summed E-state index contributed by atoms with van der Waals surface area (Å²) in [6, 6.07) is 0.755. The number of unbranched alkanes of at least 4 members (excludes halogenated alkanes) is 5. The average Bonchev–Trinajstić information content (AvgIpc) is 2.69. The summed E-state index contributed by atoms with van der Waals surface area (Å²) in [5.74, 6) is 0. The van der Waals surface area contributed by atoms with Gasteiger partial charge in [-0.3, -0.25) is 0 Å². The maximum absolute atomic E-state index is 3.61. The van der Waals surface area contributed by atoms with E-state index in [0.29, 0.717) is 0 Å². The lowest BCUT2D eigenvalue weighted by atomic mass is 10.1. The minimum absolute atomic E-state index is 0.755. The van der Waals surface area contributed by atoms with Crippen LogP contribution in [0.4, 0.5) is 0 Å². The van der Waals surface area contributed by atoms with Gasteiger partial charge in [-0.25, -0.2) is 0 Å². The number of hydrogen-bond acceptors (Lipinski definition) is 2. The Balaban J connectivity index is 1.75. The van der Waals surface area contributed by atoms with Gasteiger partial charge in [0.15, 0.2) is 0 Å². The molecular formula is C12H26N2. The molecule has 1 aliphatic rings. The molecule has 1 rings (SSSR count). The van der Waals surface area contributed by atoms with E-state index in [-0.39, 0.29) is 0 Å². The summed E-state index contributed by atoms with van der Waals surface area (Å²) in [5.41, 5.74) is 0. The van der Waals surface area contributed by atoms with E-state index in [9.17, 15) is 0 Å². The third kappa shape index (κ3) is 5.61. The third-order valence-corrected chi connectivity index (χ3v) is 3.02. The zero-order valence-electron chi connectivity index (χ0n) is 9.65. The van der Waals surface area contributed by atoms with Gasteiger partial charge in [-0.15, -0.1) is 0 Å². The minimum atomic E-state index is 0.755. The summed E-state index contributed by atoms with van der Waals surface area (Å²) in [5, 5.41) is 6.99. The smallest absolute Gasteiger partial charge is 0.0204 e. The predicted molar refractivity (Wildman–Crippen MR) is 62.7 cm³/mol. The fourth-order valence-electron chi connectivity index (χ4n) is 2.04. The standard InChI is InChI=1S/C12H26N2/c1-2-3-4-5-6-7-9-14-12-8-10-13-11-12/h12-14H,2-11H2,1H3. The van der Waals surface area contributed by atoms with Crippen molar-refractivity contribution in [3.63, 3.8) is 0 Å². The average molecular weight is 198 g/mol. The fraction of sp³-hybridized carbons (Fsp3) is 1.00. The van der Waals surface area contributed by atoms with Gasteiger partial charge in [0, 0.05) is 12.6 Å². The van der Waals surface area contributed by atoms with Crippen LogP contribution in [0.2, 0.25) is 0 Å². The van der Waals surface area contributed by atoms with Crippen LogP contribution in [0, 0.1) is 0 Å². The first-order valence-electron chi connectivity index (χ1n) is 6.37. The van der Waals surface area contributed by atoms with E-state index in [1.165, 1.54) is 64.6 Å². The van der Waals surface area contributed by atoms with Crippen LogP contribution >= 0.6 is 0 Å². The summed E-state index contributed by atoms with van der Waals surface area (Å²) in [4.78, 5) is 0. The summed E-state index contributed by atoms with van der Waals surface area (Å²) in [6.07, 6.45) is 9.72. The lowest BCUT2D eigenvalue weighted by Crippen LogP contribution is -2.31. The lowest BCUT2D eigenvalue weighted by Gasteiger charge is -2.10. The van der Waals surface area contributed by atoms with E-state index in [4.69, 9.17) is 0 Å². The van der Waals surface area contributed by atoms with Gasteiger partial charge in [0.1, 0.15) is 0 Å². The van der Waals surface area contributed by atoms with E-state index in [2.05, 4.69) is 17.6 Å². The van der Waals surface area contributed by atoms with Gasteiger partial charge in [-0.1, -0.05) is 39.0 Å². The molecular weight excluding hydrogens is 172 g/mol. The Kier molecular flexibility index (Phi) is 7.06. The monoisotopic (exact) mass is 198 g/mol. The topological polar surface area (TPSA) is 24.1 Å². The Hall–Kier alpha value is -0.0800. The highest BCUT2D eigenvalue weighted by molar-refractivity contribution is 4.76. The molecule has 1 unspecified atom stereocenters. The van der Waals surface area contributed by atoms with Crippen LogP contribution in [0.5, 0.6) is 0 Å². The zero-order chi connectivity index (χ0) is 10.1. The molecule has 0 spiro atoms. The van der Waals surface area contributed by atoms with Crippen molar-refractivity contribution in [1.29, 1.82) is 0 Å². The van der Waals surface area contributed by atoms with Gasteiger partial charge in [-0.05, 0) is 25.9 Å². The highest BCUT2D eigenvalue weighted by Crippen LogP contribution is 2.04. The van der Waals surface area contributed by atoms with Gasteiger partial charge >= 0.3 is 0 Å². The van der Waals surface area contributed by atoms with Crippen LogP contribution in [-0.4, -0.2) is 25.7 Å². The molecule has 2 nitrogen and oxygen atoms in total. The zero-order valence-corrected chi connectivity index (χ0v) is 9.65. The first-order valence-corrected chi connectivity index (χ1v) is 6.37. The Morgan fingerprint density at radius 3 is 2.64 bits per heavy atom. The predicted octanol–water partition coefficient (Wildman–Crippen LogP) is 2.30. The molecule has 1 fully saturated rings. The molecule has 1 heterocycles. The molecule has 2 N–H and O–H groups in total. The van der Waals surface area contributed by atoms with Crippen molar-refractivity contribution in [3.8, 4) is 0 Å². The van der Waals surface area contributed by atoms with E-state index in [1.54, 1.807) is 0 Å². The SMILES string of the molecule is CCCCCCCCNC1CCNC1. The molecule has 0 aromatic heterocycles. The number of nitrogens with one attached hydrogen (secondary N) is 2. The van der Waals surface area contributed by atoms with Crippen molar-refractivity contribution in [2.24, 2.45) is 0 Å². The molecule has 0 saturated carbocycles. The largest absolute Gasteiger partial charge is 0.315 e. The van der Waals surface area contributed by atoms with Gasteiger partial charge in [0.25, 0.3) is 0 Å². The normalized spacial score (nSPS) is 21.6. The van der Waals surface area contributed by atoms with Gasteiger partial charge < -0.3 is 10.6 Å². The van der Waals surface area contributed by atoms with Crippen LogP contribution in [0.25, 0.3) is 0 Å².